The molecular formula is C14H14ClN3O2. The molecule has 2 aromatic rings. The molecule has 0 bridgehead atoms. The quantitative estimate of drug-likeness (QED) is 0.939. The molecule has 1 amide bonds. The lowest BCUT2D eigenvalue weighted by Gasteiger charge is -2.24. The summed E-state index contributed by atoms with van der Waals surface area (Å²) < 4.78 is 5.72. The summed E-state index contributed by atoms with van der Waals surface area (Å²) in [5, 5.41) is 3.48. The van der Waals surface area contributed by atoms with E-state index in [0.717, 1.165) is 12.1 Å². The molecule has 6 heteroatoms. The molecule has 0 saturated carbocycles. The minimum absolute atomic E-state index is 0.0423. The zero-order chi connectivity index (χ0) is 13.9. The molecule has 5 nitrogen and oxygen atoms in total. The van der Waals surface area contributed by atoms with Crippen LogP contribution in [-0.4, -0.2) is 35.4 Å². The van der Waals surface area contributed by atoms with E-state index >= 15 is 0 Å². The minimum Gasteiger partial charge on any atom is -0.439 e. The molecule has 2 heterocycles. The summed E-state index contributed by atoms with van der Waals surface area (Å²) in [5.41, 5.74) is 0.935. The first kappa shape index (κ1) is 13.1. The zero-order valence-electron chi connectivity index (χ0n) is 10.8. The van der Waals surface area contributed by atoms with Crippen molar-refractivity contribution in [1.29, 1.82) is 0 Å². The number of carbonyl (C=O) groups excluding carboxylic acids is 1. The van der Waals surface area contributed by atoms with Crippen molar-refractivity contribution in [1.82, 2.24) is 15.2 Å². The van der Waals surface area contributed by atoms with Gasteiger partial charge >= 0.3 is 0 Å². The lowest BCUT2D eigenvalue weighted by atomic mass is 10.2. The van der Waals surface area contributed by atoms with E-state index in [-0.39, 0.29) is 5.91 Å². The Bertz CT molecular complexity index is 609. The van der Waals surface area contributed by atoms with Crippen LogP contribution < -0.4 is 5.32 Å². The Morgan fingerprint density at radius 3 is 2.90 bits per heavy atom. The maximum atomic E-state index is 11.3. The molecule has 1 N–H and O–H groups in total. The molecule has 3 rings (SSSR count). The average Bonchev–Trinajstić information content (AvgIpc) is 2.88. The number of oxazole rings is 1. The largest absolute Gasteiger partial charge is 0.439 e. The van der Waals surface area contributed by atoms with Gasteiger partial charge in [-0.2, -0.15) is 0 Å². The average molecular weight is 292 g/mol. The van der Waals surface area contributed by atoms with Gasteiger partial charge in [-0.15, -0.1) is 0 Å². The van der Waals surface area contributed by atoms with Gasteiger partial charge in [-0.05, 0) is 24.3 Å². The first-order valence-electron chi connectivity index (χ1n) is 6.40. The molecule has 1 fully saturated rings. The first-order chi connectivity index (χ1) is 9.70. The molecule has 0 radical (unpaired) electrons. The van der Waals surface area contributed by atoms with Gasteiger partial charge in [0.1, 0.15) is 0 Å². The van der Waals surface area contributed by atoms with Crippen LogP contribution in [0.2, 0.25) is 5.02 Å². The monoisotopic (exact) mass is 291 g/mol. The van der Waals surface area contributed by atoms with Crippen LogP contribution in [0, 0.1) is 0 Å². The summed E-state index contributed by atoms with van der Waals surface area (Å²) in [4.78, 5) is 17.6. The molecule has 0 unspecified atom stereocenters. The number of hydrogen-bond donors (Lipinski definition) is 1. The van der Waals surface area contributed by atoms with Gasteiger partial charge in [0, 0.05) is 23.7 Å². The number of halogens is 1. The van der Waals surface area contributed by atoms with Gasteiger partial charge in [0.25, 0.3) is 0 Å². The highest BCUT2D eigenvalue weighted by Crippen LogP contribution is 2.22. The van der Waals surface area contributed by atoms with Crippen molar-refractivity contribution in [2.75, 3.05) is 19.6 Å². The topological polar surface area (TPSA) is 58.4 Å². The zero-order valence-corrected chi connectivity index (χ0v) is 11.6. The summed E-state index contributed by atoms with van der Waals surface area (Å²) in [6.07, 6.45) is 1.70. The van der Waals surface area contributed by atoms with Crippen molar-refractivity contribution in [2.24, 2.45) is 0 Å². The third-order valence-electron chi connectivity index (χ3n) is 3.16. The number of rotatable bonds is 3. The first-order valence-corrected chi connectivity index (χ1v) is 6.78. The lowest BCUT2D eigenvalue weighted by molar-refractivity contribution is -0.124. The van der Waals surface area contributed by atoms with Crippen LogP contribution in [0.25, 0.3) is 11.3 Å². The predicted octanol–water partition coefficient (Wildman–Crippen LogP) is 1.93. The smallest absolute Gasteiger partial charge is 0.234 e. The Balaban J connectivity index is 1.70. The fourth-order valence-electron chi connectivity index (χ4n) is 2.15. The third kappa shape index (κ3) is 3.00. The molecule has 1 aromatic heterocycles. The standard InChI is InChI=1S/C14H14ClN3O2/c15-11-3-1-10(2-4-11)12-7-17-14(20-12)9-18-6-5-16-13(19)8-18/h1-4,7H,5-6,8-9H2,(H,16,19). The van der Waals surface area contributed by atoms with Gasteiger partial charge in [-0.1, -0.05) is 11.6 Å². The minimum atomic E-state index is 0.0423. The van der Waals surface area contributed by atoms with Gasteiger partial charge in [-0.25, -0.2) is 4.98 Å². The van der Waals surface area contributed by atoms with Crippen LogP contribution in [0.3, 0.4) is 0 Å². The second-order valence-electron chi connectivity index (χ2n) is 4.69. The van der Waals surface area contributed by atoms with Gasteiger partial charge in [0.05, 0.1) is 19.3 Å². The van der Waals surface area contributed by atoms with Crippen molar-refractivity contribution < 1.29 is 9.21 Å². The molecule has 0 aliphatic carbocycles. The molecule has 0 spiro atoms. The summed E-state index contributed by atoms with van der Waals surface area (Å²) >= 11 is 5.86. The van der Waals surface area contributed by atoms with Gasteiger partial charge in [-0.3, -0.25) is 9.69 Å². The Hall–Kier alpha value is -1.85. The van der Waals surface area contributed by atoms with E-state index in [1.165, 1.54) is 0 Å². The van der Waals surface area contributed by atoms with Crippen molar-refractivity contribution in [3.63, 3.8) is 0 Å². The number of aromatic nitrogens is 1. The molecule has 1 saturated heterocycles. The highest BCUT2D eigenvalue weighted by molar-refractivity contribution is 6.30. The molecule has 104 valence electrons. The van der Waals surface area contributed by atoms with Crippen LogP contribution in [0.1, 0.15) is 5.89 Å². The Kier molecular flexibility index (Phi) is 3.71. The van der Waals surface area contributed by atoms with Gasteiger partial charge < -0.3 is 9.73 Å². The third-order valence-corrected chi connectivity index (χ3v) is 3.41. The van der Waals surface area contributed by atoms with E-state index in [0.29, 0.717) is 36.3 Å². The maximum Gasteiger partial charge on any atom is 0.234 e. The predicted molar refractivity (Wildman–Crippen MR) is 75.2 cm³/mol. The van der Waals surface area contributed by atoms with Crippen LogP contribution in [0.15, 0.2) is 34.9 Å². The van der Waals surface area contributed by atoms with Crippen molar-refractivity contribution >= 4 is 17.5 Å². The van der Waals surface area contributed by atoms with Gasteiger partial charge in [0.2, 0.25) is 11.8 Å². The Morgan fingerprint density at radius 1 is 1.35 bits per heavy atom. The Labute approximate surface area is 121 Å². The van der Waals surface area contributed by atoms with E-state index in [4.69, 9.17) is 16.0 Å². The molecule has 0 atom stereocenters. The number of amides is 1. The molecule has 1 aliphatic heterocycles. The normalized spacial score (nSPS) is 16.1. The summed E-state index contributed by atoms with van der Waals surface area (Å²) in [6.45, 7) is 2.41. The SMILES string of the molecule is O=C1CN(Cc2ncc(-c3ccc(Cl)cc3)o2)CCN1. The number of benzene rings is 1. The summed E-state index contributed by atoms with van der Waals surface area (Å²) in [7, 11) is 0. The van der Waals surface area contributed by atoms with Crippen LogP contribution in [0.4, 0.5) is 0 Å². The number of piperazine rings is 1. The maximum absolute atomic E-state index is 11.3. The van der Waals surface area contributed by atoms with Crippen LogP contribution >= 0.6 is 11.6 Å². The second kappa shape index (κ2) is 5.64. The van der Waals surface area contributed by atoms with E-state index < -0.39 is 0 Å². The molecule has 1 aromatic carbocycles. The second-order valence-corrected chi connectivity index (χ2v) is 5.12. The molecule has 1 aliphatic rings. The highest BCUT2D eigenvalue weighted by atomic mass is 35.5. The van der Waals surface area contributed by atoms with E-state index in [1.54, 1.807) is 6.20 Å². The fraction of sp³-hybridized carbons (Fsp3) is 0.286. The highest BCUT2D eigenvalue weighted by Gasteiger charge is 2.18. The summed E-state index contributed by atoms with van der Waals surface area (Å²) in [6, 6.07) is 7.41. The van der Waals surface area contributed by atoms with Gasteiger partial charge in [0.15, 0.2) is 5.76 Å². The fourth-order valence-corrected chi connectivity index (χ4v) is 2.27. The number of nitrogens with one attached hydrogen (secondary N) is 1. The van der Waals surface area contributed by atoms with Crippen molar-refractivity contribution in [3.05, 3.63) is 41.4 Å². The number of nitrogens with zero attached hydrogens (tertiary/aromatic N) is 2. The Morgan fingerprint density at radius 2 is 2.15 bits per heavy atom. The molecular weight excluding hydrogens is 278 g/mol. The summed E-state index contributed by atoms with van der Waals surface area (Å²) in [5.74, 6) is 1.36. The van der Waals surface area contributed by atoms with E-state index in [9.17, 15) is 4.79 Å². The number of carbonyl (C=O) groups is 1. The lowest BCUT2D eigenvalue weighted by Crippen LogP contribution is -2.47. The number of hydrogen-bond acceptors (Lipinski definition) is 4. The van der Waals surface area contributed by atoms with E-state index in [2.05, 4.69) is 10.3 Å². The molecule has 20 heavy (non-hydrogen) atoms. The van der Waals surface area contributed by atoms with Crippen molar-refractivity contribution in [2.45, 2.75) is 6.54 Å². The van der Waals surface area contributed by atoms with Crippen LogP contribution in [-0.2, 0) is 11.3 Å². The van der Waals surface area contributed by atoms with Crippen molar-refractivity contribution in [3.8, 4) is 11.3 Å². The van der Waals surface area contributed by atoms with E-state index in [1.807, 2.05) is 29.2 Å². The van der Waals surface area contributed by atoms with Crippen LogP contribution in [0.5, 0.6) is 0 Å².